The van der Waals surface area contributed by atoms with Gasteiger partial charge in [-0.15, -0.1) is 0 Å². The van der Waals surface area contributed by atoms with Gasteiger partial charge in [0.1, 0.15) is 12.2 Å². The van der Waals surface area contributed by atoms with Crippen molar-refractivity contribution in [1.82, 2.24) is 19.7 Å². The lowest BCUT2D eigenvalue weighted by molar-refractivity contribution is 0.161. The molecule has 0 saturated carbocycles. The van der Waals surface area contributed by atoms with Gasteiger partial charge in [0.05, 0.1) is 6.10 Å². The fourth-order valence-electron chi connectivity index (χ4n) is 1.91. The summed E-state index contributed by atoms with van der Waals surface area (Å²) in [5.74, 6) is 0.847. The third-order valence-electron chi connectivity index (χ3n) is 2.93. The first kappa shape index (κ1) is 12.7. The molecule has 18 heavy (non-hydrogen) atoms. The summed E-state index contributed by atoms with van der Waals surface area (Å²) in [5, 5.41) is 14.1. The second-order valence-electron chi connectivity index (χ2n) is 4.24. The lowest BCUT2D eigenvalue weighted by atomic mass is 10.1. The van der Waals surface area contributed by atoms with Crippen LogP contribution in [0, 0.1) is 0 Å². The summed E-state index contributed by atoms with van der Waals surface area (Å²) in [6, 6.07) is 3.95. The van der Waals surface area contributed by atoms with E-state index in [-0.39, 0.29) is 6.10 Å². The molecular weight excluding hydrogens is 228 g/mol. The number of nitrogens with zero attached hydrogens (tertiary/aromatic N) is 4. The van der Waals surface area contributed by atoms with Crippen molar-refractivity contribution in [2.45, 2.75) is 38.8 Å². The minimum atomic E-state index is -0.382. The Balaban J connectivity index is 1.84. The van der Waals surface area contributed by atoms with Crippen molar-refractivity contribution in [3.05, 3.63) is 42.2 Å². The Labute approximate surface area is 107 Å². The highest BCUT2D eigenvalue weighted by Gasteiger charge is 2.10. The zero-order valence-electron chi connectivity index (χ0n) is 10.5. The molecule has 0 aliphatic rings. The van der Waals surface area contributed by atoms with E-state index in [9.17, 15) is 5.11 Å². The maximum absolute atomic E-state index is 10.0. The van der Waals surface area contributed by atoms with Gasteiger partial charge in [-0.3, -0.25) is 9.67 Å². The fraction of sp³-hybridized carbons (Fsp3) is 0.462. The molecular formula is C13H18N4O. The van der Waals surface area contributed by atoms with Crippen LogP contribution in [0.3, 0.4) is 0 Å². The number of aliphatic hydroxyl groups is 1. The van der Waals surface area contributed by atoms with Gasteiger partial charge in [-0.1, -0.05) is 0 Å². The van der Waals surface area contributed by atoms with Crippen LogP contribution in [0.2, 0.25) is 0 Å². The first-order valence-corrected chi connectivity index (χ1v) is 6.23. The van der Waals surface area contributed by atoms with E-state index in [1.807, 2.05) is 23.7 Å². The standard InChI is InChI=1S/C13H18N4O/c1-2-17-13(15-10-16-17)9-12(18)4-3-11-5-7-14-8-6-11/h5-8,10,12,18H,2-4,9H2,1H3. The lowest BCUT2D eigenvalue weighted by Gasteiger charge is -2.10. The summed E-state index contributed by atoms with van der Waals surface area (Å²) in [5.41, 5.74) is 1.20. The van der Waals surface area contributed by atoms with Gasteiger partial charge < -0.3 is 5.11 Å². The van der Waals surface area contributed by atoms with Gasteiger partial charge in [-0.25, -0.2) is 4.98 Å². The first-order valence-electron chi connectivity index (χ1n) is 6.23. The Morgan fingerprint density at radius 3 is 2.83 bits per heavy atom. The van der Waals surface area contributed by atoms with Crippen molar-refractivity contribution < 1.29 is 5.11 Å². The van der Waals surface area contributed by atoms with Crippen LogP contribution in [-0.4, -0.2) is 31.0 Å². The monoisotopic (exact) mass is 246 g/mol. The lowest BCUT2D eigenvalue weighted by Crippen LogP contribution is -2.16. The summed E-state index contributed by atoms with van der Waals surface area (Å²) in [4.78, 5) is 8.14. The molecule has 5 heteroatoms. The van der Waals surface area contributed by atoms with Crippen LogP contribution >= 0.6 is 0 Å². The quantitative estimate of drug-likeness (QED) is 0.832. The third kappa shape index (κ3) is 3.37. The molecule has 0 aliphatic heterocycles. The van der Waals surface area contributed by atoms with E-state index < -0.39 is 0 Å². The van der Waals surface area contributed by atoms with Crippen LogP contribution in [0.1, 0.15) is 24.7 Å². The number of hydrogen-bond acceptors (Lipinski definition) is 4. The Morgan fingerprint density at radius 2 is 2.11 bits per heavy atom. The van der Waals surface area contributed by atoms with Crippen LogP contribution in [0.4, 0.5) is 0 Å². The van der Waals surface area contributed by atoms with Gasteiger partial charge in [0.25, 0.3) is 0 Å². The highest BCUT2D eigenvalue weighted by atomic mass is 16.3. The van der Waals surface area contributed by atoms with Crippen molar-refractivity contribution in [2.24, 2.45) is 0 Å². The molecule has 2 rings (SSSR count). The summed E-state index contributed by atoms with van der Waals surface area (Å²) < 4.78 is 1.82. The van der Waals surface area contributed by atoms with Gasteiger partial charge in [0, 0.05) is 25.4 Å². The van der Waals surface area contributed by atoms with Crippen LogP contribution in [-0.2, 0) is 19.4 Å². The third-order valence-corrected chi connectivity index (χ3v) is 2.93. The van der Waals surface area contributed by atoms with Crippen molar-refractivity contribution in [3.8, 4) is 0 Å². The predicted molar refractivity (Wildman–Crippen MR) is 68.0 cm³/mol. The molecule has 0 saturated heterocycles. The van der Waals surface area contributed by atoms with Crippen molar-refractivity contribution >= 4 is 0 Å². The normalized spacial score (nSPS) is 12.6. The fourth-order valence-corrected chi connectivity index (χ4v) is 1.91. The number of rotatable bonds is 6. The largest absolute Gasteiger partial charge is 0.393 e. The molecule has 1 N–H and O–H groups in total. The highest BCUT2D eigenvalue weighted by molar-refractivity contribution is 5.09. The predicted octanol–water partition coefficient (Wildman–Crippen LogP) is 1.23. The van der Waals surface area contributed by atoms with Crippen molar-refractivity contribution in [3.63, 3.8) is 0 Å². The average Bonchev–Trinajstić information content (AvgIpc) is 2.85. The Morgan fingerprint density at radius 1 is 1.33 bits per heavy atom. The number of aromatic nitrogens is 4. The summed E-state index contributed by atoms with van der Waals surface area (Å²) in [6.07, 6.45) is 6.83. The van der Waals surface area contributed by atoms with Crippen molar-refractivity contribution in [2.75, 3.05) is 0 Å². The van der Waals surface area contributed by atoms with Gasteiger partial charge in [-0.05, 0) is 37.5 Å². The Kier molecular flexibility index (Phi) is 4.41. The van der Waals surface area contributed by atoms with E-state index >= 15 is 0 Å². The number of hydrogen-bond donors (Lipinski definition) is 1. The number of aryl methyl sites for hydroxylation is 2. The number of aliphatic hydroxyl groups excluding tert-OH is 1. The van der Waals surface area contributed by atoms with Gasteiger partial charge >= 0.3 is 0 Å². The molecule has 0 aliphatic carbocycles. The summed E-state index contributed by atoms with van der Waals surface area (Å²) in [6.45, 7) is 2.80. The molecule has 0 aromatic carbocycles. The van der Waals surface area contributed by atoms with Crippen LogP contribution in [0.5, 0.6) is 0 Å². The van der Waals surface area contributed by atoms with Crippen LogP contribution in [0.15, 0.2) is 30.9 Å². The highest BCUT2D eigenvalue weighted by Crippen LogP contribution is 2.08. The van der Waals surface area contributed by atoms with E-state index in [0.717, 1.165) is 25.2 Å². The summed E-state index contributed by atoms with van der Waals surface area (Å²) >= 11 is 0. The Bertz CT molecular complexity index is 469. The summed E-state index contributed by atoms with van der Waals surface area (Å²) in [7, 11) is 0. The van der Waals surface area contributed by atoms with Gasteiger partial charge in [0.2, 0.25) is 0 Å². The molecule has 0 spiro atoms. The average molecular weight is 246 g/mol. The van der Waals surface area contributed by atoms with E-state index in [0.29, 0.717) is 6.42 Å². The maximum Gasteiger partial charge on any atom is 0.138 e. The molecule has 5 nitrogen and oxygen atoms in total. The molecule has 0 amide bonds. The maximum atomic E-state index is 10.0. The van der Waals surface area contributed by atoms with E-state index in [4.69, 9.17) is 0 Å². The zero-order chi connectivity index (χ0) is 12.8. The molecule has 0 bridgehead atoms. The first-order chi connectivity index (χ1) is 8.79. The van der Waals surface area contributed by atoms with Crippen molar-refractivity contribution in [1.29, 1.82) is 0 Å². The molecule has 2 aromatic rings. The zero-order valence-corrected chi connectivity index (χ0v) is 10.5. The smallest absolute Gasteiger partial charge is 0.138 e. The van der Waals surface area contributed by atoms with Crippen LogP contribution < -0.4 is 0 Å². The molecule has 1 atom stereocenters. The minimum absolute atomic E-state index is 0.382. The van der Waals surface area contributed by atoms with E-state index in [2.05, 4.69) is 15.1 Å². The molecule has 2 heterocycles. The van der Waals surface area contributed by atoms with Gasteiger partial charge in [0.15, 0.2) is 0 Å². The van der Waals surface area contributed by atoms with E-state index in [1.165, 1.54) is 11.9 Å². The Hall–Kier alpha value is -1.75. The van der Waals surface area contributed by atoms with Crippen LogP contribution in [0.25, 0.3) is 0 Å². The second-order valence-corrected chi connectivity index (χ2v) is 4.24. The SMILES string of the molecule is CCn1ncnc1CC(O)CCc1ccncc1. The molecule has 2 aromatic heterocycles. The second kappa shape index (κ2) is 6.26. The minimum Gasteiger partial charge on any atom is -0.393 e. The van der Waals surface area contributed by atoms with E-state index in [1.54, 1.807) is 12.4 Å². The number of pyridine rings is 1. The molecule has 0 radical (unpaired) electrons. The van der Waals surface area contributed by atoms with Gasteiger partial charge in [-0.2, -0.15) is 5.10 Å². The molecule has 96 valence electrons. The topological polar surface area (TPSA) is 63.8 Å². The molecule has 1 unspecified atom stereocenters. The molecule has 0 fully saturated rings.